The van der Waals surface area contributed by atoms with Gasteiger partial charge in [0.05, 0.1) is 5.71 Å². The fraction of sp³-hybridized carbons (Fsp3) is 0.300. The summed E-state index contributed by atoms with van der Waals surface area (Å²) in [6.45, 7) is 1.86. The fourth-order valence-corrected chi connectivity index (χ4v) is 3.01. The molecule has 0 saturated carbocycles. The normalized spacial score (nSPS) is 15.5. The first kappa shape index (κ1) is 16.4. The van der Waals surface area contributed by atoms with Crippen LogP contribution in [0.5, 0.6) is 0 Å². The Balaban J connectivity index is 1.69. The van der Waals surface area contributed by atoms with Gasteiger partial charge in [-0.15, -0.1) is 0 Å². The van der Waals surface area contributed by atoms with Crippen LogP contribution >= 0.6 is 0 Å². The highest BCUT2D eigenvalue weighted by atomic mass is 16.3. The summed E-state index contributed by atoms with van der Waals surface area (Å²) in [7, 11) is 0. The number of carbonyl (C=O) groups excluding carboxylic acids is 1. The van der Waals surface area contributed by atoms with E-state index in [4.69, 9.17) is 0 Å². The Hall–Kier alpha value is -2.46. The first-order chi connectivity index (χ1) is 11.6. The van der Waals surface area contributed by atoms with Crippen molar-refractivity contribution in [1.82, 2.24) is 5.43 Å². The molecule has 0 bridgehead atoms. The highest BCUT2D eigenvalue weighted by Gasteiger charge is 2.16. The van der Waals surface area contributed by atoms with Gasteiger partial charge in [-0.1, -0.05) is 42.5 Å². The number of carbonyl (C=O) groups is 1. The molecule has 3 rings (SSSR count). The Bertz CT molecular complexity index is 753. The van der Waals surface area contributed by atoms with E-state index in [-0.39, 0.29) is 0 Å². The van der Waals surface area contributed by atoms with Crippen LogP contribution in [0.15, 0.2) is 53.6 Å². The van der Waals surface area contributed by atoms with Crippen molar-refractivity contribution in [2.75, 3.05) is 0 Å². The van der Waals surface area contributed by atoms with Gasteiger partial charge in [-0.3, -0.25) is 4.79 Å². The first-order valence-electron chi connectivity index (χ1n) is 8.34. The number of amides is 1. The van der Waals surface area contributed by atoms with E-state index in [1.807, 2.05) is 19.1 Å². The smallest absolute Gasteiger partial charge is 0.273 e. The van der Waals surface area contributed by atoms with Gasteiger partial charge in [0, 0.05) is 0 Å². The Morgan fingerprint density at radius 1 is 1.08 bits per heavy atom. The lowest BCUT2D eigenvalue weighted by atomic mass is 9.90. The molecule has 0 aromatic heterocycles. The maximum Gasteiger partial charge on any atom is 0.273 e. The predicted molar refractivity (Wildman–Crippen MR) is 94.8 cm³/mol. The van der Waals surface area contributed by atoms with Gasteiger partial charge in [-0.25, -0.2) is 5.43 Å². The second-order valence-corrected chi connectivity index (χ2v) is 6.18. The van der Waals surface area contributed by atoms with E-state index < -0.39 is 12.0 Å². The summed E-state index contributed by atoms with van der Waals surface area (Å²) >= 11 is 0. The van der Waals surface area contributed by atoms with Gasteiger partial charge in [0.25, 0.3) is 5.91 Å². The Morgan fingerprint density at radius 2 is 1.79 bits per heavy atom. The van der Waals surface area contributed by atoms with Crippen LogP contribution in [-0.2, 0) is 17.6 Å². The SMILES string of the molecule is CC(=NNC(=O)C(O)c1ccccc1)c1ccc2c(c1)CCCC2. The molecule has 1 unspecified atom stereocenters. The molecule has 4 heteroatoms. The molecule has 0 heterocycles. The van der Waals surface area contributed by atoms with Crippen LogP contribution in [0.4, 0.5) is 0 Å². The minimum atomic E-state index is -1.22. The second-order valence-electron chi connectivity index (χ2n) is 6.18. The van der Waals surface area contributed by atoms with Gasteiger partial charge in [0.1, 0.15) is 0 Å². The quantitative estimate of drug-likeness (QED) is 0.671. The van der Waals surface area contributed by atoms with Crippen molar-refractivity contribution < 1.29 is 9.90 Å². The number of hydrogen-bond donors (Lipinski definition) is 2. The highest BCUT2D eigenvalue weighted by Crippen LogP contribution is 2.22. The molecule has 2 N–H and O–H groups in total. The molecule has 124 valence electrons. The molecule has 1 aliphatic carbocycles. The Morgan fingerprint density at radius 3 is 2.54 bits per heavy atom. The molecule has 0 spiro atoms. The van der Waals surface area contributed by atoms with Crippen LogP contribution in [0.2, 0.25) is 0 Å². The average Bonchev–Trinajstić information content (AvgIpc) is 2.65. The number of hydrogen-bond acceptors (Lipinski definition) is 3. The third-order valence-corrected chi connectivity index (χ3v) is 4.46. The van der Waals surface area contributed by atoms with E-state index in [1.54, 1.807) is 24.3 Å². The topological polar surface area (TPSA) is 61.7 Å². The lowest BCUT2D eigenvalue weighted by Gasteiger charge is -2.16. The fourth-order valence-electron chi connectivity index (χ4n) is 3.01. The van der Waals surface area contributed by atoms with Crippen molar-refractivity contribution in [2.45, 2.75) is 38.7 Å². The molecule has 1 aliphatic rings. The summed E-state index contributed by atoms with van der Waals surface area (Å²) in [5.74, 6) is -0.529. The first-order valence-corrected chi connectivity index (χ1v) is 8.34. The number of benzene rings is 2. The van der Waals surface area contributed by atoms with E-state index in [0.717, 1.165) is 24.1 Å². The van der Waals surface area contributed by atoms with E-state index in [2.05, 4.69) is 22.7 Å². The summed E-state index contributed by atoms with van der Waals surface area (Å²) in [4.78, 5) is 12.0. The number of rotatable bonds is 4. The monoisotopic (exact) mass is 322 g/mol. The maximum absolute atomic E-state index is 12.0. The van der Waals surface area contributed by atoms with Crippen LogP contribution < -0.4 is 5.43 Å². The van der Waals surface area contributed by atoms with Gasteiger partial charge in [0.15, 0.2) is 6.10 Å². The number of aryl methyl sites for hydroxylation is 2. The predicted octanol–water partition coefficient (Wildman–Crippen LogP) is 3.14. The second kappa shape index (κ2) is 7.41. The van der Waals surface area contributed by atoms with Crippen LogP contribution in [0, 0.1) is 0 Å². The van der Waals surface area contributed by atoms with Crippen LogP contribution in [0.3, 0.4) is 0 Å². The summed E-state index contributed by atoms with van der Waals surface area (Å²) in [5.41, 5.74) is 7.55. The van der Waals surface area contributed by atoms with E-state index in [9.17, 15) is 9.90 Å². The molecule has 2 aromatic rings. The highest BCUT2D eigenvalue weighted by molar-refractivity contribution is 5.99. The van der Waals surface area contributed by atoms with Gasteiger partial charge < -0.3 is 5.11 Å². The van der Waals surface area contributed by atoms with E-state index >= 15 is 0 Å². The van der Waals surface area contributed by atoms with Gasteiger partial charge in [-0.05, 0) is 60.9 Å². The molecular weight excluding hydrogens is 300 g/mol. The lowest BCUT2D eigenvalue weighted by molar-refractivity contribution is -0.129. The third kappa shape index (κ3) is 3.71. The Labute approximate surface area is 142 Å². The molecule has 0 saturated heterocycles. The molecular formula is C20H22N2O2. The van der Waals surface area contributed by atoms with Crippen molar-refractivity contribution in [2.24, 2.45) is 5.10 Å². The van der Waals surface area contributed by atoms with Gasteiger partial charge >= 0.3 is 0 Å². The molecule has 1 amide bonds. The van der Waals surface area contributed by atoms with Crippen molar-refractivity contribution in [1.29, 1.82) is 0 Å². The minimum absolute atomic E-state index is 0.529. The summed E-state index contributed by atoms with van der Waals surface area (Å²) in [5, 5.41) is 14.2. The standard InChI is InChI=1S/C20H22N2O2/c1-14(17-12-11-15-7-5-6-10-18(15)13-17)21-22-20(24)19(23)16-8-3-2-4-9-16/h2-4,8-9,11-13,19,23H,5-7,10H2,1H3,(H,22,24). The maximum atomic E-state index is 12.0. The molecule has 0 fully saturated rings. The molecule has 24 heavy (non-hydrogen) atoms. The van der Waals surface area contributed by atoms with Gasteiger partial charge in [-0.2, -0.15) is 5.10 Å². The average molecular weight is 322 g/mol. The van der Waals surface area contributed by atoms with Crippen molar-refractivity contribution >= 4 is 11.6 Å². The van der Waals surface area contributed by atoms with Crippen LogP contribution in [-0.4, -0.2) is 16.7 Å². The molecule has 2 aromatic carbocycles. The van der Waals surface area contributed by atoms with Crippen LogP contribution in [0.1, 0.15) is 48.1 Å². The van der Waals surface area contributed by atoms with Crippen molar-refractivity contribution in [3.63, 3.8) is 0 Å². The zero-order chi connectivity index (χ0) is 16.9. The van der Waals surface area contributed by atoms with Crippen molar-refractivity contribution in [3.8, 4) is 0 Å². The van der Waals surface area contributed by atoms with Gasteiger partial charge in [0.2, 0.25) is 0 Å². The summed E-state index contributed by atoms with van der Waals surface area (Å²) < 4.78 is 0. The number of fused-ring (bicyclic) bond motifs is 1. The number of nitrogens with one attached hydrogen (secondary N) is 1. The summed E-state index contributed by atoms with van der Waals surface area (Å²) in [6, 6.07) is 15.2. The zero-order valence-electron chi connectivity index (χ0n) is 13.8. The molecule has 0 radical (unpaired) electrons. The third-order valence-electron chi connectivity index (χ3n) is 4.46. The zero-order valence-corrected chi connectivity index (χ0v) is 13.8. The van der Waals surface area contributed by atoms with E-state index in [0.29, 0.717) is 5.56 Å². The largest absolute Gasteiger partial charge is 0.378 e. The van der Waals surface area contributed by atoms with Crippen molar-refractivity contribution in [3.05, 3.63) is 70.8 Å². The number of hydrazone groups is 1. The van der Waals surface area contributed by atoms with E-state index in [1.165, 1.54) is 24.0 Å². The molecule has 4 nitrogen and oxygen atoms in total. The number of nitrogens with zero attached hydrogens (tertiary/aromatic N) is 1. The minimum Gasteiger partial charge on any atom is -0.378 e. The lowest BCUT2D eigenvalue weighted by Crippen LogP contribution is -2.26. The molecule has 1 atom stereocenters. The molecule has 0 aliphatic heterocycles. The number of aliphatic hydroxyl groups is 1. The number of aliphatic hydroxyl groups excluding tert-OH is 1. The van der Waals surface area contributed by atoms with Crippen LogP contribution in [0.25, 0.3) is 0 Å². The summed E-state index contributed by atoms with van der Waals surface area (Å²) in [6.07, 6.45) is 3.52. The Kier molecular flexibility index (Phi) is 5.06.